The van der Waals surface area contributed by atoms with E-state index < -0.39 is 0 Å². The summed E-state index contributed by atoms with van der Waals surface area (Å²) in [6.07, 6.45) is 3.66. The van der Waals surface area contributed by atoms with Crippen LogP contribution in [0.15, 0.2) is 18.3 Å². The molecular weight excluding hydrogens is 216 g/mol. The fourth-order valence-electron chi connectivity index (χ4n) is 2.15. The highest BCUT2D eigenvalue weighted by molar-refractivity contribution is 5.94. The molecule has 0 spiro atoms. The first-order chi connectivity index (χ1) is 8.20. The number of aromatic nitrogens is 1. The monoisotopic (exact) mass is 234 g/mol. The van der Waals surface area contributed by atoms with Crippen molar-refractivity contribution in [2.45, 2.75) is 19.8 Å². The largest absolute Gasteiger partial charge is 0.396 e. The summed E-state index contributed by atoms with van der Waals surface area (Å²) in [6, 6.07) is 3.59. The van der Waals surface area contributed by atoms with Gasteiger partial charge in [-0.1, -0.05) is 0 Å². The minimum atomic E-state index is 0.0684. The third-order valence-corrected chi connectivity index (χ3v) is 3.35. The second-order valence-corrected chi connectivity index (χ2v) is 4.57. The van der Waals surface area contributed by atoms with Crippen LogP contribution in [0.3, 0.4) is 0 Å². The second kappa shape index (κ2) is 5.27. The first-order valence-corrected chi connectivity index (χ1v) is 6.03. The van der Waals surface area contributed by atoms with Crippen LogP contribution in [-0.2, 0) is 0 Å². The van der Waals surface area contributed by atoms with E-state index in [1.807, 2.05) is 6.07 Å². The van der Waals surface area contributed by atoms with Gasteiger partial charge in [0, 0.05) is 31.5 Å². The van der Waals surface area contributed by atoms with Crippen LogP contribution in [0.1, 0.15) is 30.1 Å². The van der Waals surface area contributed by atoms with Gasteiger partial charge in [-0.3, -0.25) is 4.79 Å². The van der Waals surface area contributed by atoms with Crippen LogP contribution in [0.4, 0.5) is 5.82 Å². The van der Waals surface area contributed by atoms with Gasteiger partial charge < -0.3 is 10.0 Å². The number of hydrogen-bond donors (Lipinski definition) is 1. The number of anilines is 1. The predicted molar refractivity (Wildman–Crippen MR) is 66.3 cm³/mol. The minimum Gasteiger partial charge on any atom is -0.396 e. The number of hydrogen-bond acceptors (Lipinski definition) is 4. The molecule has 1 N–H and O–H groups in total. The van der Waals surface area contributed by atoms with Crippen molar-refractivity contribution in [1.29, 1.82) is 0 Å². The molecule has 4 heteroatoms. The third kappa shape index (κ3) is 2.82. The Balaban J connectivity index is 2.08. The smallest absolute Gasteiger partial charge is 0.159 e. The number of ketones is 1. The summed E-state index contributed by atoms with van der Waals surface area (Å²) in [7, 11) is 0. The summed E-state index contributed by atoms with van der Waals surface area (Å²) in [5.74, 6) is 1.36. The van der Waals surface area contributed by atoms with E-state index in [0.717, 1.165) is 31.7 Å². The number of carbonyl (C=O) groups excluding carboxylic acids is 1. The number of piperidine rings is 1. The van der Waals surface area contributed by atoms with Gasteiger partial charge in [0.15, 0.2) is 5.78 Å². The van der Waals surface area contributed by atoms with Crippen molar-refractivity contribution >= 4 is 11.6 Å². The van der Waals surface area contributed by atoms with Crippen molar-refractivity contribution in [2.24, 2.45) is 5.92 Å². The van der Waals surface area contributed by atoms with E-state index in [2.05, 4.69) is 9.88 Å². The second-order valence-electron chi connectivity index (χ2n) is 4.57. The molecule has 0 saturated carbocycles. The highest BCUT2D eigenvalue weighted by atomic mass is 16.3. The van der Waals surface area contributed by atoms with Gasteiger partial charge in [-0.2, -0.15) is 0 Å². The van der Waals surface area contributed by atoms with Crippen LogP contribution in [0.2, 0.25) is 0 Å². The van der Waals surface area contributed by atoms with Crippen LogP contribution >= 0.6 is 0 Å². The van der Waals surface area contributed by atoms with Gasteiger partial charge in [-0.15, -0.1) is 0 Å². The van der Waals surface area contributed by atoms with Gasteiger partial charge in [0.1, 0.15) is 5.82 Å². The zero-order valence-electron chi connectivity index (χ0n) is 10.1. The van der Waals surface area contributed by atoms with Gasteiger partial charge in [-0.25, -0.2) is 4.98 Å². The number of nitrogens with zero attached hydrogens (tertiary/aromatic N) is 2. The van der Waals surface area contributed by atoms with Gasteiger partial charge in [0.2, 0.25) is 0 Å². The molecule has 0 bridgehead atoms. The lowest BCUT2D eigenvalue weighted by molar-refractivity contribution is 0.101. The normalized spacial score (nSPS) is 17.2. The number of aliphatic hydroxyl groups excluding tert-OH is 1. The zero-order chi connectivity index (χ0) is 12.3. The van der Waals surface area contributed by atoms with Crippen LogP contribution < -0.4 is 4.90 Å². The Morgan fingerprint density at radius 2 is 2.24 bits per heavy atom. The fourth-order valence-corrected chi connectivity index (χ4v) is 2.15. The lowest BCUT2D eigenvalue weighted by Crippen LogP contribution is -2.35. The molecular formula is C13H18N2O2. The number of aliphatic hydroxyl groups is 1. The molecule has 1 aliphatic heterocycles. The van der Waals surface area contributed by atoms with Crippen LogP contribution in [0.5, 0.6) is 0 Å². The molecule has 1 saturated heterocycles. The highest BCUT2D eigenvalue weighted by Crippen LogP contribution is 2.21. The molecule has 17 heavy (non-hydrogen) atoms. The molecule has 0 radical (unpaired) electrons. The fraction of sp³-hybridized carbons (Fsp3) is 0.538. The van der Waals surface area contributed by atoms with Crippen LogP contribution in [0, 0.1) is 5.92 Å². The highest BCUT2D eigenvalue weighted by Gasteiger charge is 2.19. The Bertz CT molecular complexity index is 398. The molecule has 0 unspecified atom stereocenters. The molecule has 0 aromatic carbocycles. The van der Waals surface area contributed by atoms with E-state index in [-0.39, 0.29) is 12.4 Å². The van der Waals surface area contributed by atoms with Crippen molar-refractivity contribution < 1.29 is 9.90 Å². The van der Waals surface area contributed by atoms with Gasteiger partial charge in [-0.05, 0) is 37.8 Å². The molecule has 1 aliphatic rings. The molecule has 2 heterocycles. The Kier molecular flexibility index (Phi) is 3.74. The molecule has 0 aliphatic carbocycles. The quantitative estimate of drug-likeness (QED) is 0.805. The van der Waals surface area contributed by atoms with E-state index in [0.29, 0.717) is 11.5 Å². The van der Waals surface area contributed by atoms with E-state index in [1.54, 1.807) is 19.2 Å². The Hall–Kier alpha value is -1.42. The maximum absolute atomic E-state index is 11.3. The molecule has 4 nitrogen and oxygen atoms in total. The third-order valence-electron chi connectivity index (χ3n) is 3.35. The van der Waals surface area contributed by atoms with Gasteiger partial charge in [0.25, 0.3) is 0 Å². The minimum absolute atomic E-state index is 0.0684. The molecule has 1 aromatic rings. The molecule has 92 valence electrons. The average molecular weight is 234 g/mol. The number of rotatable bonds is 3. The Morgan fingerprint density at radius 3 is 2.82 bits per heavy atom. The first kappa shape index (κ1) is 12.0. The van der Waals surface area contributed by atoms with Crippen molar-refractivity contribution in [2.75, 3.05) is 24.6 Å². The lowest BCUT2D eigenvalue weighted by atomic mass is 9.98. The van der Waals surface area contributed by atoms with Gasteiger partial charge >= 0.3 is 0 Å². The summed E-state index contributed by atoms with van der Waals surface area (Å²) in [4.78, 5) is 17.8. The maximum atomic E-state index is 11.3. The van der Waals surface area contributed by atoms with Crippen LogP contribution in [0.25, 0.3) is 0 Å². The average Bonchev–Trinajstić information content (AvgIpc) is 2.39. The Morgan fingerprint density at radius 1 is 1.53 bits per heavy atom. The number of pyridine rings is 1. The van der Waals surface area contributed by atoms with Crippen molar-refractivity contribution in [3.8, 4) is 0 Å². The molecule has 0 amide bonds. The van der Waals surface area contributed by atoms with Gasteiger partial charge in [0.05, 0.1) is 0 Å². The molecule has 0 atom stereocenters. The predicted octanol–water partition coefficient (Wildman–Crippen LogP) is 1.49. The Labute approximate surface area is 101 Å². The van der Waals surface area contributed by atoms with Crippen LogP contribution in [-0.4, -0.2) is 35.6 Å². The van der Waals surface area contributed by atoms with Crippen molar-refractivity contribution in [1.82, 2.24) is 4.98 Å². The summed E-state index contributed by atoms with van der Waals surface area (Å²) in [5, 5.41) is 9.09. The lowest BCUT2D eigenvalue weighted by Gasteiger charge is -2.32. The maximum Gasteiger partial charge on any atom is 0.159 e. The van der Waals surface area contributed by atoms with E-state index in [9.17, 15) is 4.79 Å². The van der Waals surface area contributed by atoms with E-state index in [4.69, 9.17) is 5.11 Å². The molecule has 1 fully saturated rings. The zero-order valence-corrected chi connectivity index (χ0v) is 10.1. The summed E-state index contributed by atoms with van der Waals surface area (Å²) < 4.78 is 0. The first-order valence-electron chi connectivity index (χ1n) is 6.03. The van der Waals surface area contributed by atoms with E-state index >= 15 is 0 Å². The molecule has 1 aromatic heterocycles. The SMILES string of the molecule is CC(=O)c1ccnc(N2CCC(CO)CC2)c1. The van der Waals surface area contributed by atoms with E-state index in [1.165, 1.54) is 0 Å². The topological polar surface area (TPSA) is 53.4 Å². The van der Waals surface area contributed by atoms with Crippen molar-refractivity contribution in [3.05, 3.63) is 23.9 Å². The summed E-state index contributed by atoms with van der Waals surface area (Å²) >= 11 is 0. The molecule has 2 rings (SSSR count). The summed E-state index contributed by atoms with van der Waals surface area (Å²) in [5.41, 5.74) is 0.708. The summed E-state index contributed by atoms with van der Waals surface area (Å²) in [6.45, 7) is 3.64. The standard InChI is InChI=1S/C13H18N2O2/c1-10(17)12-2-5-14-13(8-12)15-6-3-11(9-16)4-7-15/h2,5,8,11,16H,3-4,6-7,9H2,1H3. The number of Topliss-reactive ketones (excluding diaryl/α,β-unsaturated/α-hetero) is 1. The number of carbonyl (C=O) groups is 1. The van der Waals surface area contributed by atoms with Crippen molar-refractivity contribution in [3.63, 3.8) is 0 Å².